The number of hydrogen-bond acceptors (Lipinski definition) is 6. The Kier molecular flexibility index (Phi) is 5.61. The lowest BCUT2D eigenvalue weighted by Crippen LogP contribution is -2.35. The Balaban J connectivity index is 1.32. The quantitative estimate of drug-likeness (QED) is 0.348. The van der Waals surface area contributed by atoms with Crippen LogP contribution in [0, 0.1) is 0 Å². The second kappa shape index (κ2) is 9.01. The van der Waals surface area contributed by atoms with Gasteiger partial charge in [-0.2, -0.15) is 0 Å². The summed E-state index contributed by atoms with van der Waals surface area (Å²) in [5.41, 5.74) is 10.5. The summed E-state index contributed by atoms with van der Waals surface area (Å²) in [5, 5.41) is 8.32. The molecular weight excluding hydrogens is 418 g/mol. The van der Waals surface area contributed by atoms with E-state index in [-0.39, 0.29) is 11.5 Å². The second-order valence-corrected chi connectivity index (χ2v) is 7.75. The number of fused-ring (bicyclic) bond motifs is 1. The number of hydrogen-bond donors (Lipinski definition) is 4. The zero-order valence-corrected chi connectivity index (χ0v) is 17.8. The molecular formula is C24H23N7O2. The van der Waals surface area contributed by atoms with Gasteiger partial charge in [0, 0.05) is 48.2 Å². The minimum absolute atomic E-state index is 0.131. The first-order valence-corrected chi connectivity index (χ1v) is 10.6. The largest absolute Gasteiger partial charge is 0.353 e. The maximum atomic E-state index is 13.1. The average Bonchev–Trinajstić information content (AvgIpc) is 3.56. The summed E-state index contributed by atoms with van der Waals surface area (Å²) in [6.07, 6.45) is 5.69. The van der Waals surface area contributed by atoms with Crippen LogP contribution in [0.3, 0.4) is 0 Å². The van der Waals surface area contributed by atoms with Gasteiger partial charge in [-0.3, -0.25) is 15.0 Å². The van der Waals surface area contributed by atoms with Crippen molar-refractivity contribution in [1.29, 1.82) is 0 Å². The molecule has 2 aromatic heterocycles. The minimum Gasteiger partial charge on any atom is -0.353 e. The molecule has 166 valence electrons. The van der Waals surface area contributed by atoms with Crippen molar-refractivity contribution in [2.75, 3.05) is 6.54 Å². The molecule has 1 aliphatic rings. The number of benzene rings is 2. The molecule has 5 rings (SSSR count). The molecule has 2 aromatic carbocycles. The van der Waals surface area contributed by atoms with Gasteiger partial charge in [0.15, 0.2) is 5.84 Å². The molecule has 4 aromatic rings. The van der Waals surface area contributed by atoms with Crippen molar-refractivity contribution in [1.82, 2.24) is 30.9 Å². The van der Waals surface area contributed by atoms with Crippen LogP contribution in [-0.4, -0.2) is 27.4 Å². The molecule has 0 radical (unpaired) electrons. The van der Waals surface area contributed by atoms with Crippen LogP contribution in [0.25, 0.3) is 10.8 Å². The van der Waals surface area contributed by atoms with Gasteiger partial charge in [0.2, 0.25) is 0 Å². The van der Waals surface area contributed by atoms with Crippen LogP contribution in [0.2, 0.25) is 0 Å². The van der Waals surface area contributed by atoms with E-state index in [0.29, 0.717) is 36.4 Å². The summed E-state index contributed by atoms with van der Waals surface area (Å²) in [6, 6.07) is 18.8. The van der Waals surface area contributed by atoms with Gasteiger partial charge < -0.3 is 14.5 Å². The van der Waals surface area contributed by atoms with Crippen molar-refractivity contribution < 1.29 is 4.79 Å². The molecule has 0 fully saturated rings. The van der Waals surface area contributed by atoms with E-state index in [1.807, 2.05) is 65.5 Å². The third-order valence-corrected chi connectivity index (χ3v) is 5.55. The first kappa shape index (κ1) is 20.5. The number of rotatable bonds is 7. The number of nitrogens with one attached hydrogen (secondary N) is 4. The molecule has 0 unspecified atom stereocenters. The number of aromatic nitrogens is 2. The van der Waals surface area contributed by atoms with Crippen LogP contribution in [0.1, 0.15) is 21.5 Å². The van der Waals surface area contributed by atoms with E-state index in [4.69, 9.17) is 0 Å². The van der Waals surface area contributed by atoms with Crippen LogP contribution in [-0.2, 0) is 13.1 Å². The van der Waals surface area contributed by atoms with Gasteiger partial charge in [-0.25, -0.2) is 5.53 Å². The van der Waals surface area contributed by atoms with E-state index in [1.54, 1.807) is 22.9 Å². The lowest BCUT2D eigenvalue weighted by atomic mass is 10.1. The van der Waals surface area contributed by atoms with Gasteiger partial charge in [0.25, 0.3) is 11.5 Å². The van der Waals surface area contributed by atoms with Crippen LogP contribution in [0.4, 0.5) is 0 Å². The van der Waals surface area contributed by atoms with Gasteiger partial charge >= 0.3 is 0 Å². The third-order valence-electron chi connectivity index (χ3n) is 5.55. The number of pyridine rings is 1. The van der Waals surface area contributed by atoms with Gasteiger partial charge in [0.1, 0.15) is 0 Å². The average molecular weight is 441 g/mol. The normalized spacial score (nSPS) is 12.8. The Morgan fingerprint density at radius 3 is 2.58 bits per heavy atom. The lowest BCUT2D eigenvalue weighted by Gasteiger charge is -2.10. The molecule has 9 nitrogen and oxygen atoms in total. The Morgan fingerprint density at radius 1 is 1.00 bits per heavy atom. The summed E-state index contributed by atoms with van der Waals surface area (Å²) in [5.74, 6) is 0.505. The highest BCUT2D eigenvalue weighted by Crippen LogP contribution is 2.14. The highest BCUT2D eigenvalue weighted by atomic mass is 16.1. The Bertz CT molecular complexity index is 1370. The molecule has 0 bridgehead atoms. The number of hydrazone groups is 1. The van der Waals surface area contributed by atoms with Crippen LogP contribution >= 0.6 is 0 Å². The molecule has 3 heterocycles. The predicted octanol–water partition coefficient (Wildman–Crippen LogP) is 1.56. The lowest BCUT2D eigenvalue weighted by molar-refractivity contribution is 0.0952. The van der Waals surface area contributed by atoms with E-state index < -0.39 is 0 Å². The van der Waals surface area contributed by atoms with E-state index in [1.165, 1.54) is 0 Å². The number of hydrazine groups is 2. The highest BCUT2D eigenvalue weighted by Gasteiger charge is 2.11. The topological polar surface area (TPSA) is 104 Å². The van der Waals surface area contributed by atoms with Crippen molar-refractivity contribution >= 4 is 22.5 Å². The zero-order chi connectivity index (χ0) is 22.6. The summed E-state index contributed by atoms with van der Waals surface area (Å²) in [4.78, 5) is 25.7. The summed E-state index contributed by atoms with van der Waals surface area (Å²) < 4.78 is 3.65. The summed E-state index contributed by atoms with van der Waals surface area (Å²) >= 11 is 0. The third kappa shape index (κ3) is 4.48. The smallest absolute Gasteiger partial charge is 0.258 e. The highest BCUT2D eigenvalue weighted by molar-refractivity contribution is 5.99. The maximum Gasteiger partial charge on any atom is 0.258 e. The fourth-order valence-corrected chi connectivity index (χ4v) is 3.77. The molecule has 0 atom stereocenters. The molecule has 0 aliphatic carbocycles. The van der Waals surface area contributed by atoms with E-state index >= 15 is 0 Å². The first-order valence-electron chi connectivity index (χ1n) is 10.6. The second-order valence-electron chi connectivity index (χ2n) is 7.75. The van der Waals surface area contributed by atoms with Crippen molar-refractivity contribution in [2.45, 2.75) is 13.1 Å². The molecule has 33 heavy (non-hydrogen) atoms. The fraction of sp³-hybridized carbons (Fsp3) is 0.125. The molecule has 4 N–H and O–H groups in total. The molecule has 0 saturated carbocycles. The van der Waals surface area contributed by atoms with Crippen LogP contribution < -0.4 is 27.4 Å². The van der Waals surface area contributed by atoms with Crippen molar-refractivity contribution in [3.63, 3.8) is 0 Å². The molecule has 0 spiro atoms. The predicted molar refractivity (Wildman–Crippen MR) is 126 cm³/mol. The van der Waals surface area contributed by atoms with E-state index in [9.17, 15) is 9.59 Å². The molecule has 1 aliphatic heterocycles. The van der Waals surface area contributed by atoms with Gasteiger partial charge in [-0.05, 0) is 41.3 Å². The Morgan fingerprint density at radius 2 is 1.82 bits per heavy atom. The number of nitrogens with zero attached hydrogens (tertiary/aromatic N) is 3. The number of amides is 1. The summed E-state index contributed by atoms with van der Waals surface area (Å²) in [7, 11) is 0. The monoisotopic (exact) mass is 441 g/mol. The number of amidine groups is 1. The molecule has 1 amide bonds. The standard InChI is InChI=1S/C24H23N7O2/c32-23(25-10-14-30-11-1-2-12-30)20-8-7-18-9-13-31(24(33)21(18)15-20)16-17-3-5-19(6-4-17)22-26-28-29-27-22/h1-9,11-13,15,28-29H,10,14,16H2,(H,25,32)(H,26,27). The fourth-order valence-electron chi connectivity index (χ4n) is 3.77. The SMILES string of the molecule is O=C(NCCn1cccc1)c1ccc2ccn(Cc3ccc(C4=NNNN4)cc3)c(=O)c2c1. The van der Waals surface area contributed by atoms with Gasteiger partial charge in [-0.15, -0.1) is 10.6 Å². The minimum atomic E-state index is -0.193. The van der Waals surface area contributed by atoms with E-state index in [0.717, 1.165) is 16.5 Å². The number of carbonyl (C=O) groups excluding carboxylic acids is 1. The maximum absolute atomic E-state index is 13.1. The van der Waals surface area contributed by atoms with Crippen LogP contribution in [0.15, 0.2) is 89.2 Å². The zero-order valence-electron chi connectivity index (χ0n) is 17.8. The van der Waals surface area contributed by atoms with Crippen LogP contribution in [0.5, 0.6) is 0 Å². The van der Waals surface area contributed by atoms with Crippen molar-refractivity contribution in [3.8, 4) is 0 Å². The Hall–Kier alpha value is -4.37. The summed E-state index contributed by atoms with van der Waals surface area (Å²) in [6.45, 7) is 1.63. The Labute approximate surface area is 189 Å². The number of carbonyl (C=O) groups is 1. The van der Waals surface area contributed by atoms with Crippen molar-refractivity contribution in [3.05, 3.63) is 106 Å². The van der Waals surface area contributed by atoms with Crippen molar-refractivity contribution in [2.24, 2.45) is 5.10 Å². The molecule has 9 heteroatoms. The first-order chi connectivity index (χ1) is 16.2. The molecule has 0 saturated heterocycles. The van der Waals surface area contributed by atoms with E-state index in [2.05, 4.69) is 26.9 Å². The van der Waals surface area contributed by atoms with Gasteiger partial charge in [-0.1, -0.05) is 30.3 Å². The van der Waals surface area contributed by atoms with Gasteiger partial charge in [0.05, 0.1) is 6.54 Å².